The highest BCUT2D eigenvalue weighted by molar-refractivity contribution is 5.72. The summed E-state index contributed by atoms with van der Waals surface area (Å²) < 4.78 is 17.2. The van der Waals surface area contributed by atoms with Crippen LogP contribution in [0.15, 0.2) is 60.7 Å². The predicted molar refractivity (Wildman–Crippen MR) is 104 cm³/mol. The first-order valence-corrected chi connectivity index (χ1v) is 9.33. The Morgan fingerprint density at radius 3 is 2.30 bits per heavy atom. The van der Waals surface area contributed by atoms with Gasteiger partial charge in [0, 0.05) is 6.54 Å². The molecule has 1 atom stereocenters. The first kappa shape index (κ1) is 18.8. The van der Waals surface area contributed by atoms with Crippen LogP contribution in [0.5, 0.6) is 17.2 Å². The molecule has 1 unspecified atom stereocenters. The van der Waals surface area contributed by atoms with Crippen LogP contribution in [0, 0.1) is 0 Å². The van der Waals surface area contributed by atoms with Crippen molar-refractivity contribution in [2.24, 2.45) is 0 Å². The summed E-state index contributed by atoms with van der Waals surface area (Å²) in [6.45, 7) is 5.52. The fraction of sp³-hybridized carbons (Fsp3) is 0.318. The molecule has 142 valence electrons. The summed E-state index contributed by atoms with van der Waals surface area (Å²) in [5.41, 5.74) is 0.849. The van der Waals surface area contributed by atoms with Crippen LogP contribution in [0.25, 0.3) is 0 Å². The molecule has 0 spiro atoms. The molecule has 1 heterocycles. The lowest BCUT2D eigenvalue weighted by molar-refractivity contribution is 0.137. The van der Waals surface area contributed by atoms with Gasteiger partial charge in [-0.15, -0.1) is 0 Å². The van der Waals surface area contributed by atoms with Gasteiger partial charge in [0.15, 0.2) is 0 Å². The Labute approximate surface area is 160 Å². The average molecular weight is 367 g/mol. The van der Waals surface area contributed by atoms with Crippen LogP contribution in [0.3, 0.4) is 0 Å². The molecule has 27 heavy (non-hydrogen) atoms. The van der Waals surface area contributed by atoms with Gasteiger partial charge in [0.05, 0.1) is 24.8 Å². The van der Waals surface area contributed by atoms with Crippen molar-refractivity contribution >= 4 is 6.09 Å². The molecule has 0 saturated heterocycles. The molecule has 5 nitrogen and oxygen atoms in total. The molecule has 0 bridgehead atoms. The molecule has 1 aliphatic rings. The zero-order valence-corrected chi connectivity index (χ0v) is 15.8. The lowest BCUT2D eigenvalue weighted by atomic mass is 9.99. The first-order chi connectivity index (χ1) is 13.2. The SMILES string of the molecule is CCOc1cccc(OCC)c1C1C=CCCN1C(=O)Oc1ccccc1. The number of amides is 1. The standard InChI is InChI=1S/C22H25NO4/c1-3-25-19-14-10-15-20(26-4-2)21(19)18-13-8-9-16-23(18)22(24)27-17-11-6-5-7-12-17/h5-8,10-15,18H,3-4,9,16H2,1-2H3. The van der Waals surface area contributed by atoms with E-state index in [-0.39, 0.29) is 12.1 Å². The molecule has 0 N–H and O–H groups in total. The van der Waals surface area contributed by atoms with Crippen LogP contribution < -0.4 is 14.2 Å². The van der Waals surface area contributed by atoms with Crippen molar-refractivity contribution in [2.75, 3.05) is 19.8 Å². The van der Waals surface area contributed by atoms with Crippen molar-refractivity contribution in [2.45, 2.75) is 26.3 Å². The van der Waals surface area contributed by atoms with Gasteiger partial charge in [0.1, 0.15) is 17.2 Å². The van der Waals surface area contributed by atoms with Crippen LogP contribution in [0.2, 0.25) is 0 Å². The van der Waals surface area contributed by atoms with E-state index in [1.54, 1.807) is 17.0 Å². The number of hydrogen-bond donors (Lipinski definition) is 0. The Morgan fingerprint density at radius 1 is 1.00 bits per heavy atom. The van der Waals surface area contributed by atoms with Crippen molar-refractivity contribution < 1.29 is 19.0 Å². The van der Waals surface area contributed by atoms with Gasteiger partial charge >= 0.3 is 6.09 Å². The summed E-state index contributed by atoms with van der Waals surface area (Å²) in [5, 5.41) is 0. The maximum Gasteiger partial charge on any atom is 0.416 e. The summed E-state index contributed by atoms with van der Waals surface area (Å²) >= 11 is 0. The highest BCUT2D eigenvalue weighted by Crippen LogP contribution is 2.40. The van der Waals surface area contributed by atoms with Crippen LogP contribution >= 0.6 is 0 Å². The lowest BCUT2D eigenvalue weighted by Crippen LogP contribution is -2.38. The number of para-hydroxylation sites is 1. The van der Waals surface area contributed by atoms with E-state index in [1.807, 2.05) is 56.3 Å². The minimum atomic E-state index is -0.385. The normalized spacial score (nSPS) is 16.1. The summed E-state index contributed by atoms with van der Waals surface area (Å²) in [7, 11) is 0. The summed E-state index contributed by atoms with van der Waals surface area (Å²) in [4.78, 5) is 14.6. The van der Waals surface area contributed by atoms with Gasteiger partial charge in [-0.05, 0) is 44.5 Å². The van der Waals surface area contributed by atoms with E-state index in [9.17, 15) is 4.79 Å². The van der Waals surface area contributed by atoms with Gasteiger partial charge in [0.2, 0.25) is 0 Å². The van der Waals surface area contributed by atoms with Gasteiger partial charge in [0.25, 0.3) is 0 Å². The number of hydrogen-bond acceptors (Lipinski definition) is 4. The highest BCUT2D eigenvalue weighted by atomic mass is 16.6. The number of nitrogens with zero attached hydrogens (tertiary/aromatic N) is 1. The minimum Gasteiger partial charge on any atom is -0.493 e. The fourth-order valence-corrected chi connectivity index (χ4v) is 3.16. The van der Waals surface area contributed by atoms with E-state index in [0.29, 0.717) is 25.5 Å². The van der Waals surface area contributed by atoms with Crippen LogP contribution in [0.1, 0.15) is 31.9 Å². The number of carbonyl (C=O) groups excluding carboxylic acids is 1. The van der Waals surface area contributed by atoms with E-state index in [0.717, 1.165) is 23.5 Å². The van der Waals surface area contributed by atoms with E-state index in [1.165, 1.54) is 0 Å². The molecule has 0 aliphatic carbocycles. The largest absolute Gasteiger partial charge is 0.493 e. The highest BCUT2D eigenvalue weighted by Gasteiger charge is 2.31. The second kappa shape index (κ2) is 9.12. The van der Waals surface area contributed by atoms with Crippen molar-refractivity contribution in [3.05, 3.63) is 66.2 Å². The molecular formula is C22H25NO4. The maximum atomic E-state index is 12.9. The van der Waals surface area contributed by atoms with Gasteiger partial charge in [-0.2, -0.15) is 0 Å². The van der Waals surface area contributed by atoms with Crippen LogP contribution in [0.4, 0.5) is 4.79 Å². The Balaban J connectivity index is 1.94. The third kappa shape index (κ3) is 4.42. The monoisotopic (exact) mass is 367 g/mol. The average Bonchev–Trinajstić information content (AvgIpc) is 2.69. The van der Waals surface area contributed by atoms with Crippen molar-refractivity contribution in [3.8, 4) is 17.2 Å². The predicted octanol–water partition coefficient (Wildman–Crippen LogP) is 4.99. The molecule has 2 aromatic rings. The quantitative estimate of drug-likeness (QED) is 0.675. The van der Waals surface area contributed by atoms with Gasteiger partial charge < -0.3 is 14.2 Å². The summed E-state index contributed by atoms with van der Waals surface area (Å²) in [5.74, 6) is 1.97. The molecular weight excluding hydrogens is 342 g/mol. The van der Waals surface area contributed by atoms with Crippen molar-refractivity contribution in [3.63, 3.8) is 0 Å². The minimum absolute atomic E-state index is 0.306. The molecule has 0 aromatic heterocycles. The molecule has 2 aromatic carbocycles. The molecule has 0 radical (unpaired) electrons. The lowest BCUT2D eigenvalue weighted by Gasteiger charge is -2.33. The van der Waals surface area contributed by atoms with Crippen LogP contribution in [-0.2, 0) is 0 Å². The maximum absolute atomic E-state index is 12.9. The van der Waals surface area contributed by atoms with Gasteiger partial charge in [-0.1, -0.05) is 36.4 Å². The number of carbonyl (C=O) groups is 1. The van der Waals surface area contributed by atoms with Crippen LogP contribution in [-0.4, -0.2) is 30.8 Å². The summed E-state index contributed by atoms with van der Waals surface area (Å²) in [6.07, 6.45) is 4.48. The Hall–Kier alpha value is -2.95. The fourth-order valence-electron chi connectivity index (χ4n) is 3.16. The Kier molecular flexibility index (Phi) is 6.36. The molecule has 1 amide bonds. The van der Waals surface area contributed by atoms with Gasteiger partial charge in [-0.25, -0.2) is 4.79 Å². The zero-order valence-electron chi connectivity index (χ0n) is 15.8. The van der Waals surface area contributed by atoms with Crippen molar-refractivity contribution in [1.29, 1.82) is 0 Å². The Morgan fingerprint density at radius 2 is 1.67 bits per heavy atom. The molecule has 0 fully saturated rings. The Bertz CT molecular complexity index is 764. The van der Waals surface area contributed by atoms with E-state index in [2.05, 4.69) is 6.08 Å². The molecule has 5 heteroatoms. The van der Waals surface area contributed by atoms with Crippen molar-refractivity contribution in [1.82, 2.24) is 4.90 Å². The number of benzene rings is 2. The second-order valence-corrected chi connectivity index (χ2v) is 6.07. The number of rotatable bonds is 6. The first-order valence-electron chi connectivity index (χ1n) is 9.33. The summed E-state index contributed by atoms with van der Waals surface area (Å²) in [6, 6.07) is 14.5. The van der Waals surface area contributed by atoms with E-state index < -0.39 is 0 Å². The number of ether oxygens (including phenoxy) is 3. The third-order valence-electron chi connectivity index (χ3n) is 4.30. The molecule has 0 saturated carbocycles. The smallest absolute Gasteiger partial charge is 0.416 e. The zero-order chi connectivity index (χ0) is 19.1. The topological polar surface area (TPSA) is 48.0 Å². The molecule has 1 aliphatic heterocycles. The van der Waals surface area contributed by atoms with Gasteiger partial charge in [-0.3, -0.25) is 4.90 Å². The van der Waals surface area contributed by atoms with E-state index in [4.69, 9.17) is 14.2 Å². The molecule has 3 rings (SSSR count). The van der Waals surface area contributed by atoms with E-state index >= 15 is 0 Å². The third-order valence-corrected chi connectivity index (χ3v) is 4.30. The second-order valence-electron chi connectivity index (χ2n) is 6.07.